The molecule has 1 unspecified atom stereocenters. The average molecular weight is 348 g/mol. The minimum atomic E-state index is 0.274. The maximum Gasteiger partial charge on any atom is 0.223 e. The molecule has 136 valence electrons. The predicted molar refractivity (Wildman–Crippen MR) is 108 cm³/mol. The van der Waals surface area contributed by atoms with E-state index in [1.54, 1.807) is 0 Å². The lowest BCUT2D eigenvalue weighted by molar-refractivity contribution is -0.133. The summed E-state index contributed by atoms with van der Waals surface area (Å²) in [6.45, 7) is 6.64. The minimum absolute atomic E-state index is 0.274. The third kappa shape index (κ3) is 5.30. The van der Waals surface area contributed by atoms with E-state index < -0.39 is 0 Å². The van der Waals surface area contributed by atoms with E-state index in [1.807, 2.05) is 29.2 Å². The van der Waals surface area contributed by atoms with E-state index in [1.165, 1.54) is 11.1 Å². The van der Waals surface area contributed by atoms with Crippen molar-refractivity contribution in [1.29, 1.82) is 0 Å². The van der Waals surface area contributed by atoms with Crippen LogP contribution in [0.4, 0.5) is 0 Å². The van der Waals surface area contributed by atoms with Crippen molar-refractivity contribution in [3.05, 3.63) is 77.9 Å². The highest BCUT2D eigenvalue weighted by molar-refractivity contribution is 5.77. The molecule has 0 radical (unpaired) electrons. The lowest BCUT2D eigenvalue weighted by Gasteiger charge is -2.34. The standard InChI is InChI=1S/C23H28N2O/c1-20(22-12-6-3-7-13-22)19-23(26)25-17-15-24(16-18-25)14-8-11-21-9-4-2-5-10-21/h2-13,20H,14-19H2,1H3. The van der Waals surface area contributed by atoms with Gasteiger partial charge in [0.25, 0.3) is 0 Å². The van der Waals surface area contributed by atoms with Gasteiger partial charge in [0.2, 0.25) is 5.91 Å². The number of nitrogens with zero attached hydrogens (tertiary/aromatic N) is 2. The summed E-state index contributed by atoms with van der Waals surface area (Å²) in [4.78, 5) is 17.0. The summed E-state index contributed by atoms with van der Waals surface area (Å²) in [5.74, 6) is 0.552. The zero-order valence-corrected chi connectivity index (χ0v) is 15.6. The molecule has 3 nitrogen and oxygen atoms in total. The molecule has 3 heteroatoms. The van der Waals surface area contributed by atoms with Crippen molar-refractivity contribution < 1.29 is 4.79 Å². The van der Waals surface area contributed by atoms with Gasteiger partial charge in [0.1, 0.15) is 0 Å². The molecule has 1 fully saturated rings. The minimum Gasteiger partial charge on any atom is -0.340 e. The molecule has 1 heterocycles. The van der Waals surface area contributed by atoms with E-state index in [0.29, 0.717) is 6.42 Å². The molecule has 0 aliphatic carbocycles. The fraction of sp³-hybridized carbons (Fsp3) is 0.348. The van der Waals surface area contributed by atoms with Gasteiger partial charge in [-0.1, -0.05) is 79.7 Å². The van der Waals surface area contributed by atoms with Crippen LogP contribution in [0.15, 0.2) is 66.7 Å². The second-order valence-electron chi connectivity index (χ2n) is 7.01. The number of carbonyl (C=O) groups excluding carboxylic acids is 1. The molecule has 0 saturated carbocycles. The SMILES string of the molecule is CC(CC(=O)N1CCN(CC=Cc2ccccc2)CC1)c1ccccc1. The van der Waals surface area contributed by atoms with Crippen LogP contribution in [0.1, 0.15) is 30.4 Å². The van der Waals surface area contributed by atoms with Crippen LogP contribution >= 0.6 is 0 Å². The monoisotopic (exact) mass is 348 g/mol. The fourth-order valence-corrected chi connectivity index (χ4v) is 3.37. The number of carbonyl (C=O) groups is 1. The summed E-state index contributed by atoms with van der Waals surface area (Å²) in [6.07, 6.45) is 4.97. The Morgan fingerprint density at radius 3 is 2.23 bits per heavy atom. The van der Waals surface area contributed by atoms with Crippen LogP contribution in [0, 0.1) is 0 Å². The van der Waals surface area contributed by atoms with Gasteiger partial charge in [0, 0.05) is 39.1 Å². The molecule has 0 bridgehead atoms. The first-order valence-electron chi connectivity index (χ1n) is 9.49. The fourth-order valence-electron chi connectivity index (χ4n) is 3.37. The predicted octanol–water partition coefficient (Wildman–Crippen LogP) is 4.04. The third-order valence-electron chi connectivity index (χ3n) is 5.05. The van der Waals surface area contributed by atoms with Crippen LogP contribution < -0.4 is 0 Å². The van der Waals surface area contributed by atoms with Crippen molar-refractivity contribution in [2.24, 2.45) is 0 Å². The van der Waals surface area contributed by atoms with Crippen molar-refractivity contribution >= 4 is 12.0 Å². The van der Waals surface area contributed by atoms with Crippen LogP contribution in [0.25, 0.3) is 6.08 Å². The maximum atomic E-state index is 12.6. The Balaban J connectivity index is 1.41. The highest BCUT2D eigenvalue weighted by Gasteiger charge is 2.22. The Bertz CT molecular complexity index is 704. The van der Waals surface area contributed by atoms with Crippen molar-refractivity contribution in [2.75, 3.05) is 32.7 Å². The number of piperazine rings is 1. The molecule has 2 aromatic rings. The Morgan fingerprint density at radius 1 is 0.962 bits per heavy atom. The van der Waals surface area contributed by atoms with Crippen LogP contribution in [0.2, 0.25) is 0 Å². The van der Waals surface area contributed by atoms with E-state index >= 15 is 0 Å². The van der Waals surface area contributed by atoms with Crippen molar-refractivity contribution in [2.45, 2.75) is 19.3 Å². The molecule has 3 rings (SSSR count). The first kappa shape index (κ1) is 18.4. The first-order valence-corrected chi connectivity index (χ1v) is 9.49. The molecule has 26 heavy (non-hydrogen) atoms. The molecule has 1 saturated heterocycles. The molecule has 1 aliphatic rings. The highest BCUT2D eigenvalue weighted by Crippen LogP contribution is 2.20. The number of hydrogen-bond acceptors (Lipinski definition) is 2. The van der Waals surface area contributed by atoms with Crippen molar-refractivity contribution in [1.82, 2.24) is 9.80 Å². The Hall–Kier alpha value is -2.39. The third-order valence-corrected chi connectivity index (χ3v) is 5.05. The summed E-state index contributed by atoms with van der Waals surface area (Å²) in [5, 5.41) is 0. The Labute approximate surface area is 156 Å². The second kappa shape index (κ2) is 9.35. The molecule has 2 aromatic carbocycles. The lowest BCUT2D eigenvalue weighted by Crippen LogP contribution is -2.48. The van der Waals surface area contributed by atoms with Gasteiger partial charge in [0.05, 0.1) is 0 Å². The quantitative estimate of drug-likeness (QED) is 0.787. The summed E-state index contributed by atoms with van der Waals surface area (Å²) >= 11 is 0. The van der Waals surface area contributed by atoms with Gasteiger partial charge < -0.3 is 4.90 Å². The van der Waals surface area contributed by atoms with Gasteiger partial charge in [-0.3, -0.25) is 9.69 Å². The van der Waals surface area contributed by atoms with Crippen LogP contribution in [-0.2, 0) is 4.79 Å². The number of rotatable bonds is 6. The van der Waals surface area contributed by atoms with Gasteiger partial charge in [-0.2, -0.15) is 0 Å². The number of amides is 1. The summed E-state index contributed by atoms with van der Waals surface area (Å²) < 4.78 is 0. The van der Waals surface area contributed by atoms with E-state index in [0.717, 1.165) is 32.7 Å². The van der Waals surface area contributed by atoms with E-state index in [4.69, 9.17) is 0 Å². The zero-order valence-electron chi connectivity index (χ0n) is 15.6. The molecule has 1 aliphatic heterocycles. The second-order valence-corrected chi connectivity index (χ2v) is 7.01. The summed E-state index contributed by atoms with van der Waals surface area (Å²) in [6, 6.07) is 20.7. The van der Waals surface area contributed by atoms with Crippen molar-refractivity contribution in [3.8, 4) is 0 Å². The van der Waals surface area contributed by atoms with E-state index in [9.17, 15) is 4.79 Å². The molecular formula is C23H28N2O. The Morgan fingerprint density at radius 2 is 1.58 bits per heavy atom. The van der Waals surface area contributed by atoms with Gasteiger partial charge in [0.15, 0.2) is 0 Å². The average Bonchev–Trinajstić information content (AvgIpc) is 2.70. The summed E-state index contributed by atoms with van der Waals surface area (Å²) in [7, 11) is 0. The lowest BCUT2D eigenvalue weighted by atomic mass is 9.97. The maximum absolute atomic E-state index is 12.6. The van der Waals surface area contributed by atoms with E-state index in [-0.39, 0.29) is 11.8 Å². The molecule has 1 atom stereocenters. The van der Waals surface area contributed by atoms with Crippen LogP contribution in [0.3, 0.4) is 0 Å². The molecular weight excluding hydrogens is 320 g/mol. The molecule has 0 N–H and O–H groups in total. The molecule has 0 aromatic heterocycles. The van der Waals surface area contributed by atoms with Gasteiger partial charge in [-0.25, -0.2) is 0 Å². The smallest absolute Gasteiger partial charge is 0.223 e. The topological polar surface area (TPSA) is 23.6 Å². The van der Waals surface area contributed by atoms with Crippen LogP contribution in [0.5, 0.6) is 0 Å². The first-order chi connectivity index (χ1) is 12.7. The molecule has 1 amide bonds. The Kier molecular flexibility index (Phi) is 6.62. The van der Waals surface area contributed by atoms with Gasteiger partial charge in [-0.15, -0.1) is 0 Å². The zero-order chi connectivity index (χ0) is 18.2. The van der Waals surface area contributed by atoms with Gasteiger partial charge in [-0.05, 0) is 17.0 Å². The largest absolute Gasteiger partial charge is 0.340 e. The number of hydrogen-bond donors (Lipinski definition) is 0. The molecule has 0 spiro atoms. The number of benzene rings is 2. The normalized spacial score (nSPS) is 16.7. The summed E-state index contributed by atoms with van der Waals surface area (Å²) in [5.41, 5.74) is 2.47. The van der Waals surface area contributed by atoms with Crippen LogP contribution in [-0.4, -0.2) is 48.4 Å². The van der Waals surface area contributed by atoms with Crippen molar-refractivity contribution in [3.63, 3.8) is 0 Å². The van der Waals surface area contributed by atoms with E-state index in [2.05, 4.69) is 60.4 Å². The highest BCUT2D eigenvalue weighted by atomic mass is 16.2. The van der Waals surface area contributed by atoms with Gasteiger partial charge >= 0.3 is 0 Å².